The van der Waals surface area contributed by atoms with Crippen LogP contribution >= 0.6 is 0 Å². The highest BCUT2D eigenvalue weighted by Crippen LogP contribution is 2.34. The molecule has 0 bridgehead atoms. The normalized spacial score (nSPS) is 24.2. The van der Waals surface area contributed by atoms with E-state index in [0.717, 1.165) is 31.6 Å². The van der Waals surface area contributed by atoms with Crippen molar-refractivity contribution in [1.29, 1.82) is 5.26 Å². The van der Waals surface area contributed by atoms with Crippen LogP contribution in [0.4, 0.5) is 5.69 Å². The molecule has 2 atom stereocenters. The number of nitrogens with one attached hydrogen (secondary N) is 3. The molecular formula is C21H24N4. The Bertz CT molecular complexity index is 776. The predicted molar refractivity (Wildman–Crippen MR) is 102 cm³/mol. The smallest absolute Gasteiger partial charge is 0.0669 e. The third kappa shape index (κ3) is 3.47. The van der Waals surface area contributed by atoms with Crippen molar-refractivity contribution >= 4 is 11.8 Å². The number of allylic oxidation sites excluding steroid dienone is 4. The maximum absolute atomic E-state index is 8.98. The first-order valence-electron chi connectivity index (χ1n) is 9.11. The minimum absolute atomic E-state index is 0.351. The molecule has 4 nitrogen and oxygen atoms in total. The van der Waals surface area contributed by atoms with Gasteiger partial charge >= 0.3 is 0 Å². The van der Waals surface area contributed by atoms with Crippen molar-refractivity contribution in [2.45, 2.75) is 37.8 Å². The molecule has 25 heavy (non-hydrogen) atoms. The third-order valence-corrected chi connectivity index (χ3v) is 5.23. The van der Waals surface area contributed by atoms with Gasteiger partial charge in [-0.15, -0.1) is 0 Å². The molecule has 0 saturated carbocycles. The van der Waals surface area contributed by atoms with Crippen molar-refractivity contribution in [1.82, 2.24) is 10.6 Å². The Hall–Kier alpha value is -2.51. The fourth-order valence-electron chi connectivity index (χ4n) is 3.90. The Morgan fingerprint density at radius 1 is 1.28 bits per heavy atom. The summed E-state index contributed by atoms with van der Waals surface area (Å²) in [6, 6.07) is 7.40. The van der Waals surface area contributed by atoms with E-state index in [9.17, 15) is 0 Å². The van der Waals surface area contributed by atoms with E-state index in [1.807, 2.05) is 6.20 Å². The van der Waals surface area contributed by atoms with Gasteiger partial charge < -0.3 is 16.0 Å². The molecule has 1 aromatic carbocycles. The van der Waals surface area contributed by atoms with Gasteiger partial charge in [-0.1, -0.05) is 24.3 Å². The van der Waals surface area contributed by atoms with Crippen LogP contribution in [0.3, 0.4) is 0 Å². The van der Waals surface area contributed by atoms with Crippen LogP contribution in [0.2, 0.25) is 0 Å². The number of anilines is 1. The van der Waals surface area contributed by atoms with Crippen molar-refractivity contribution in [3.05, 3.63) is 58.8 Å². The zero-order chi connectivity index (χ0) is 17.1. The molecule has 1 aliphatic carbocycles. The predicted octanol–water partition coefficient (Wildman–Crippen LogP) is 3.42. The molecule has 0 radical (unpaired) electrons. The highest BCUT2D eigenvalue weighted by atomic mass is 15.0. The Kier molecular flexibility index (Phi) is 4.58. The molecule has 0 spiro atoms. The summed E-state index contributed by atoms with van der Waals surface area (Å²) in [6.07, 6.45) is 13.4. The van der Waals surface area contributed by atoms with Gasteiger partial charge in [0.1, 0.15) is 0 Å². The minimum Gasteiger partial charge on any atom is -0.387 e. The number of hydrogen-bond acceptors (Lipinski definition) is 4. The second kappa shape index (κ2) is 7.16. The van der Waals surface area contributed by atoms with E-state index in [-0.39, 0.29) is 0 Å². The molecule has 128 valence electrons. The van der Waals surface area contributed by atoms with E-state index < -0.39 is 0 Å². The Labute approximate surface area is 149 Å². The van der Waals surface area contributed by atoms with Crippen LogP contribution in [0.1, 0.15) is 41.9 Å². The fourth-order valence-corrected chi connectivity index (χ4v) is 3.90. The Morgan fingerprint density at radius 2 is 2.24 bits per heavy atom. The summed E-state index contributed by atoms with van der Waals surface area (Å²) in [7, 11) is 0. The van der Waals surface area contributed by atoms with Crippen LogP contribution in [0.5, 0.6) is 0 Å². The van der Waals surface area contributed by atoms with Crippen LogP contribution in [-0.2, 0) is 6.54 Å². The first-order chi connectivity index (χ1) is 12.3. The Morgan fingerprint density at radius 3 is 3.08 bits per heavy atom. The Balaban J connectivity index is 1.67. The third-order valence-electron chi connectivity index (χ3n) is 5.23. The lowest BCUT2D eigenvalue weighted by atomic mass is 9.86. The second-order valence-corrected chi connectivity index (χ2v) is 7.01. The summed E-state index contributed by atoms with van der Waals surface area (Å²) in [6.45, 7) is 2.99. The number of nitriles is 1. The topological polar surface area (TPSA) is 59.9 Å². The van der Waals surface area contributed by atoms with E-state index in [2.05, 4.69) is 58.5 Å². The average Bonchev–Trinajstić information content (AvgIpc) is 3.15. The summed E-state index contributed by atoms with van der Waals surface area (Å²) in [5.74, 6) is 0.351. The number of nitrogens with zero attached hydrogens (tertiary/aromatic N) is 1. The maximum Gasteiger partial charge on any atom is 0.0669 e. The first-order valence-corrected chi connectivity index (χ1v) is 9.11. The van der Waals surface area contributed by atoms with E-state index in [1.54, 1.807) is 0 Å². The summed E-state index contributed by atoms with van der Waals surface area (Å²) in [5, 5.41) is 19.5. The van der Waals surface area contributed by atoms with E-state index in [4.69, 9.17) is 5.26 Å². The monoisotopic (exact) mass is 332 g/mol. The van der Waals surface area contributed by atoms with Crippen LogP contribution in [-0.4, -0.2) is 19.1 Å². The molecule has 1 aromatic rings. The number of hydrogen-bond donors (Lipinski definition) is 3. The highest BCUT2D eigenvalue weighted by Gasteiger charge is 2.20. The van der Waals surface area contributed by atoms with Gasteiger partial charge in [-0.25, -0.2) is 0 Å². The summed E-state index contributed by atoms with van der Waals surface area (Å²) < 4.78 is 0. The summed E-state index contributed by atoms with van der Waals surface area (Å²) in [4.78, 5) is 0. The van der Waals surface area contributed by atoms with Gasteiger partial charge in [0.25, 0.3) is 0 Å². The molecule has 3 aliphatic rings. The highest BCUT2D eigenvalue weighted by molar-refractivity contribution is 5.68. The van der Waals surface area contributed by atoms with Crippen molar-refractivity contribution < 1.29 is 0 Å². The second-order valence-electron chi connectivity index (χ2n) is 7.01. The molecule has 0 aromatic heterocycles. The molecule has 1 fully saturated rings. The van der Waals surface area contributed by atoms with E-state index >= 15 is 0 Å². The number of rotatable bonds is 4. The lowest BCUT2D eigenvalue weighted by Gasteiger charge is -2.25. The van der Waals surface area contributed by atoms with Crippen molar-refractivity contribution in [2.75, 3.05) is 18.4 Å². The van der Waals surface area contributed by atoms with Crippen molar-refractivity contribution in [2.24, 2.45) is 0 Å². The quantitative estimate of drug-likeness (QED) is 0.791. The number of benzene rings is 1. The van der Waals surface area contributed by atoms with Gasteiger partial charge in [-0.2, -0.15) is 5.26 Å². The zero-order valence-electron chi connectivity index (χ0n) is 14.4. The van der Waals surface area contributed by atoms with E-state index in [0.29, 0.717) is 18.4 Å². The molecule has 2 aliphatic heterocycles. The van der Waals surface area contributed by atoms with Gasteiger partial charge in [0.2, 0.25) is 0 Å². The average molecular weight is 332 g/mol. The fraction of sp³-hybridized carbons (Fsp3) is 0.381. The molecular weight excluding hydrogens is 308 g/mol. The standard InChI is InChI=1S/C21H24N4/c22-7-4-15-2-1-3-16(10-15)18-11-17-5-8-24-14-20(17)21(12-18)25-19-6-9-23-13-19/h1-2,5,8,10-12,16,19,23-25H,3-4,6,9,13-14H2. The van der Waals surface area contributed by atoms with Gasteiger partial charge in [0.05, 0.1) is 12.5 Å². The molecule has 4 heteroatoms. The SMILES string of the molecule is N#CCC1=CC(c2cc3c(c(NC4CCNC4)c2)CNC=C3)CC=C1. The molecule has 2 unspecified atom stereocenters. The molecule has 3 N–H and O–H groups in total. The first kappa shape index (κ1) is 16.0. The molecule has 4 rings (SSSR count). The summed E-state index contributed by atoms with van der Waals surface area (Å²) in [5.41, 5.74) is 6.37. The van der Waals surface area contributed by atoms with Crippen molar-refractivity contribution in [3.63, 3.8) is 0 Å². The minimum atomic E-state index is 0.351. The molecule has 1 saturated heterocycles. The van der Waals surface area contributed by atoms with Crippen LogP contribution in [0.25, 0.3) is 6.08 Å². The van der Waals surface area contributed by atoms with Crippen molar-refractivity contribution in [3.8, 4) is 6.07 Å². The van der Waals surface area contributed by atoms with Crippen LogP contribution in [0.15, 0.2) is 42.1 Å². The lowest BCUT2D eigenvalue weighted by molar-refractivity contribution is 0.780. The van der Waals surface area contributed by atoms with Gasteiger partial charge in [-0.05, 0) is 54.4 Å². The molecule has 0 amide bonds. The van der Waals surface area contributed by atoms with Crippen LogP contribution < -0.4 is 16.0 Å². The van der Waals surface area contributed by atoms with Gasteiger partial charge in [0.15, 0.2) is 0 Å². The van der Waals surface area contributed by atoms with Gasteiger partial charge in [-0.3, -0.25) is 0 Å². The zero-order valence-corrected chi connectivity index (χ0v) is 14.4. The largest absolute Gasteiger partial charge is 0.387 e. The summed E-state index contributed by atoms with van der Waals surface area (Å²) >= 11 is 0. The maximum atomic E-state index is 8.98. The van der Waals surface area contributed by atoms with E-state index in [1.165, 1.54) is 28.8 Å². The number of fused-ring (bicyclic) bond motifs is 1. The molecule has 2 heterocycles. The van der Waals surface area contributed by atoms with Gasteiger partial charge in [0, 0.05) is 36.3 Å². The lowest BCUT2D eigenvalue weighted by Crippen LogP contribution is -2.24. The van der Waals surface area contributed by atoms with Crippen LogP contribution in [0, 0.1) is 11.3 Å².